The van der Waals surface area contributed by atoms with Gasteiger partial charge >= 0.3 is 11.5 Å². The Kier molecular flexibility index (Phi) is 5.99. The van der Waals surface area contributed by atoms with Crippen LogP contribution in [-0.4, -0.2) is 0 Å². The summed E-state index contributed by atoms with van der Waals surface area (Å²) in [5.41, 5.74) is 4.66. The monoisotopic (exact) mass is 407 g/mol. The molecule has 0 radical (unpaired) electrons. The maximum Gasteiger partial charge on any atom is 0.327 e. The Morgan fingerprint density at radius 1 is 0.871 bits per heavy atom. The number of allylic oxidation sites excluding steroid dienone is 10. The lowest BCUT2D eigenvalue weighted by Crippen LogP contribution is -2.02. The molecule has 2 nitrogen and oxygen atoms in total. The first-order chi connectivity index (χ1) is 15.0. The SMILES string of the molecule is CC1=C\C(=C/C=C/C=C/C=C(\C)c2cc(C)[o+]c(C)c2)c2ccc3ccccc3c2O1. The Morgan fingerprint density at radius 3 is 2.42 bits per heavy atom. The molecule has 0 N–H and O–H groups in total. The minimum absolute atomic E-state index is 0.901. The van der Waals surface area contributed by atoms with E-state index in [4.69, 9.17) is 9.15 Å². The summed E-state index contributed by atoms with van der Waals surface area (Å²) < 4.78 is 11.6. The number of hydrogen-bond donors (Lipinski definition) is 0. The molecule has 4 rings (SSSR count). The second kappa shape index (κ2) is 9.01. The largest absolute Gasteiger partial charge is 0.461 e. The standard InChI is InChI=1S/C29H27O2/c1-20(26-18-21(2)30-22(3)19-26)11-7-5-6-8-13-25-17-23(4)31-29-27-14-10-9-12-24(27)15-16-28(25)29/h5-19H,1-4H3/q+1. The third kappa shape index (κ3) is 4.75. The van der Waals surface area contributed by atoms with E-state index in [-0.39, 0.29) is 0 Å². The molecule has 0 spiro atoms. The van der Waals surface area contributed by atoms with Crippen LogP contribution in [0.25, 0.3) is 21.9 Å². The second-order valence-corrected chi connectivity index (χ2v) is 7.83. The molecule has 2 aromatic carbocycles. The van der Waals surface area contributed by atoms with E-state index in [1.165, 1.54) is 16.5 Å². The first-order valence-electron chi connectivity index (χ1n) is 10.5. The van der Waals surface area contributed by atoms with Crippen LogP contribution in [-0.2, 0) is 0 Å². The maximum atomic E-state index is 6.07. The molecule has 1 aliphatic rings. The fourth-order valence-electron chi connectivity index (χ4n) is 3.81. The highest BCUT2D eigenvalue weighted by Crippen LogP contribution is 2.39. The minimum atomic E-state index is 0.901. The van der Waals surface area contributed by atoms with Crippen LogP contribution in [0.15, 0.2) is 101 Å². The van der Waals surface area contributed by atoms with Crippen LogP contribution in [0.5, 0.6) is 5.75 Å². The maximum absolute atomic E-state index is 6.07. The number of aryl methyl sites for hydroxylation is 2. The highest BCUT2D eigenvalue weighted by atomic mass is 16.5. The zero-order valence-electron chi connectivity index (χ0n) is 18.5. The van der Waals surface area contributed by atoms with E-state index in [0.717, 1.165) is 39.6 Å². The van der Waals surface area contributed by atoms with Gasteiger partial charge in [-0.3, -0.25) is 0 Å². The molecule has 0 unspecified atom stereocenters. The van der Waals surface area contributed by atoms with Gasteiger partial charge in [-0.15, -0.1) is 0 Å². The molecule has 0 saturated carbocycles. The van der Waals surface area contributed by atoms with Gasteiger partial charge in [0.1, 0.15) is 11.5 Å². The van der Waals surface area contributed by atoms with Crippen molar-refractivity contribution in [1.82, 2.24) is 0 Å². The van der Waals surface area contributed by atoms with Gasteiger partial charge in [-0.1, -0.05) is 66.8 Å². The smallest absolute Gasteiger partial charge is 0.327 e. The Labute approximate surface area is 184 Å². The Morgan fingerprint density at radius 2 is 1.61 bits per heavy atom. The normalized spacial score (nSPS) is 15.5. The van der Waals surface area contributed by atoms with E-state index in [0.29, 0.717) is 0 Å². The number of fused-ring (bicyclic) bond motifs is 3. The number of benzene rings is 2. The third-order valence-corrected chi connectivity index (χ3v) is 5.26. The Hall–Kier alpha value is -3.65. The van der Waals surface area contributed by atoms with E-state index < -0.39 is 0 Å². The average Bonchev–Trinajstić information content (AvgIpc) is 2.75. The van der Waals surface area contributed by atoms with Gasteiger partial charge in [-0.05, 0) is 48.1 Å². The van der Waals surface area contributed by atoms with E-state index in [2.05, 4.69) is 85.8 Å². The molecule has 0 saturated heterocycles. The molecule has 154 valence electrons. The zero-order valence-corrected chi connectivity index (χ0v) is 18.5. The molecular formula is C29H27O2+. The average molecular weight is 408 g/mol. The van der Waals surface area contributed by atoms with Gasteiger partial charge in [0.25, 0.3) is 0 Å². The highest BCUT2D eigenvalue weighted by Gasteiger charge is 2.16. The molecule has 0 aliphatic carbocycles. The van der Waals surface area contributed by atoms with Crippen molar-refractivity contribution in [3.05, 3.63) is 119 Å². The third-order valence-electron chi connectivity index (χ3n) is 5.26. The molecule has 2 heteroatoms. The predicted octanol–water partition coefficient (Wildman–Crippen LogP) is 8.23. The topological polar surface area (TPSA) is 20.5 Å². The summed E-state index contributed by atoms with van der Waals surface area (Å²) in [6, 6.07) is 16.7. The molecule has 0 atom stereocenters. The van der Waals surface area contributed by atoms with Crippen LogP contribution >= 0.6 is 0 Å². The lowest BCUT2D eigenvalue weighted by atomic mass is 9.97. The number of hydrogen-bond acceptors (Lipinski definition) is 1. The molecule has 0 fully saturated rings. The van der Waals surface area contributed by atoms with Crippen molar-refractivity contribution in [2.75, 3.05) is 0 Å². The van der Waals surface area contributed by atoms with Crippen molar-refractivity contribution in [2.45, 2.75) is 27.7 Å². The molecule has 31 heavy (non-hydrogen) atoms. The van der Waals surface area contributed by atoms with Crippen molar-refractivity contribution >= 4 is 21.9 Å². The van der Waals surface area contributed by atoms with Gasteiger partial charge in [-0.2, -0.15) is 0 Å². The van der Waals surface area contributed by atoms with Crippen LogP contribution in [0.4, 0.5) is 0 Å². The summed E-state index contributed by atoms with van der Waals surface area (Å²) >= 11 is 0. The molecule has 3 aromatic rings. The molecule has 0 bridgehead atoms. The summed E-state index contributed by atoms with van der Waals surface area (Å²) in [6.07, 6.45) is 14.6. The van der Waals surface area contributed by atoms with Gasteiger partial charge in [0.2, 0.25) is 0 Å². The molecule has 1 aliphatic heterocycles. The van der Waals surface area contributed by atoms with Gasteiger partial charge in [-0.25, -0.2) is 4.42 Å². The summed E-state index contributed by atoms with van der Waals surface area (Å²) in [5, 5.41) is 2.33. The summed E-state index contributed by atoms with van der Waals surface area (Å²) in [6.45, 7) is 8.06. The van der Waals surface area contributed by atoms with E-state index >= 15 is 0 Å². The van der Waals surface area contributed by atoms with Crippen LogP contribution in [0.2, 0.25) is 0 Å². The Bertz CT molecular complexity index is 1260. The molecular weight excluding hydrogens is 380 g/mol. The lowest BCUT2D eigenvalue weighted by Gasteiger charge is -2.20. The lowest BCUT2D eigenvalue weighted by molar-refractivity contribution is 0.427. The van der Waals surface area contributed by atoms with Gasteiger partial charge in [0.05, 0.1) is 13.8 Å². The predicted molar refractivity (Wildman–Crippen MR) is 131 cm³/mol. The van der Waals surface area contributed by atoms with Gasteiger partial charge in [0.15, 0.2) is 0 Å². The van der Waals surface area contributed by atoms with Crippen molar-refractivity contribution in [3.8, 4) is 5.75 Å². The van der Waals surface area contributed by atoms with Crippen LogP contribution < -0.4 is 4.74 Å². The van der Waals surface area contributed by atoms with Gasteiger partial charge < -0.3 is 4.74 Å². The van der Waals surface area contributed by atoms with E-state index in [1.807, 2.05) is 32.9 Å². The first kappa shape index (κ1) is 20.6. The molecule has 0 amide bonds. The van der Waals surface area contributed by atoms with E-state index in [1.54, 1.807) is 0 Å². The van der Waals surface area contributed by atoms with E-state index in [9.17, 15) is 0 Å². The molecule has 2 heterocycles. The highest BCUT2D eigenvalue weighted by molar-refractivity contribution is 5.96. The molecule has 1 aromatic heterocycles. The number of ether oxygens (including phenoxy) is 1. The Balaban J connectivity index is 1.53. The fraction of sp³-hybridized carbons (Fsp3) is 0.138. The minimum Gasteiger partial charge on any atom is -0.461 e. The first-order valence-corrected chi connectivity index (χ1v) is 10.5. The van der Waals surface area contributed by atoms with Gasteiger partial charge in [0, 0.05) is 23.1 Å². The number of rotatable bonds is 4. The van der Waals surface area contributed by atoms with Crippen molar-refractivity contribution < 1.29 is 9.15 Å². The summed E-state index contributed by atoms with van der Waals surface area (Å²) in [7, 11) is 0. The summed E-state index contributed by atoms with van der Waals surface area (Å²) in [5.74, 6) is 3.68. The fourth-order valence-corrected chi connectivity index (χ4v) is 3.81. The van der Waals surface area contributed by atoms with Crippen LogP contribution in [0.3, 0.4) is 0 Å². The van der Waals surface area contributed by atoms with Crippen LogP contribution in [0.1, 0.15) is 36.5 Å². The quantitative estimate of drug-likeness (QED) is 0.321. The second-order valence-electron chi connectivity index (χ2n) is 7.83. The van der Waals surface area contributed by atoms with Crippen LogP contribution in [0, 0.1) is 13.8 Å². The van der Waals surface area contributed by atoms with Crippen molar-refractivity contribution in [2.24, 2.45) is 0 Å². The van der Waals surface area contributed by atoms with Crippen molar-refractivity contribution in [3.63, 3.8) is 0 Å². The zero-order chi connectivity index (χ0) is 21.8. The van der Waals surface area contributed by atoms with Crippen molar-refractivity contribution in [1.29, 1.82) is 0 Å². The summed E-state index contributed by atoms with van der Waals surface area (Å²) in [4.78, 5) is 0.